The SMILES string of the molecule is CC(C)(C)c1ccc2c(c1)C13c4cc(C(C)(C)C)ccc4CO[P+]1(OC2)Oc1ccc(C(C)(C)C)cc13. The standard InChI is InChI=1S/C33H40O3P/c1-30(2,3)23-12-10-21-19-34-37-33(26(21)16-23,28-18-25(32(7,8)9)14-15-29(28)36-37)27-17-24(31(4,5)6)13-11-22(27)20-35-37/h10-18H,19-20H2,1-9H3/q+1. The van der Waals surface area contributed by atoms with Crippen LogP contribution >= 0.6 is 7.94 Å². The molecule has 0 saturated carbocycles. The van der Waals surface area contributed by atoms with Crippen LogP contribution in [-0.4, -0.2) is 0 Å². The summed E-state index contributed by atoms with van der Waals surface area (Å²) in [6, 6.07) is 20.7. The second-order valence-corrected chi connectivity index (χ2v) is 16.4. The van der Waals surface area contributed by atoms with Gasteiger partial charge < -0.3 is 0 Å². The molecular weight excluding hydrogens is 475 g/mol. The summed E-state index contributed by atoms with van der Waals surface area (Å²) in [4.78, 5) is 0. The molecule has 0 N–H and O–H groups in total. The highest BCUT2D eigenvalue weighted by Gasteiger charge is 2.79. The van der Waals surface area contributed by atoms with Gasteiger partial charge in [-0.15, -0.1) is 0 Å². The minimum atomic E-state index is -2.84. The van der Waals surface area contributed by atoms with E-state index >= 15 is 0 Å². The molecule has 3 heterocycles. The van der Waals surface area contributed by atoms with Gasteiger partial charge in [0.25, 0.3) is 0 Å². The highest BCUT2D eigenvalue weighted by atomic mass is 31.2. The van der Waals surface area contributed by atoms with Gasteiger partial charge in [0.15, 0.2) is 5.75 Å². The molecule has 0 spiro atoms. The number of hydrogen-bond acceptors (Lipinski definition) is 3. The normalized spacial score (nSPS) is 24.4. The summed E-state index contributed by atoms with van der Waals surface area (Å²) in [6.07, 6.45) is 0. The van der Waals surface area contributed by atoms with Crippen molar-refractivity contribution in [2.75, 3.05) is 0 Å². The fourth-order valence-corrected chi connectivity index (χ4v) is 9.26. The van der Waals surface area contributed by atoms with Gasteiger partial charge in [-0.05, 0) is 68.3 Å². The lowest BCUT2D eigenvalue weighted by atomic mass is 9.73. The minimum Gasteiger partial charge on any atom is -0.284 e. The summed E-state index contributed by atoms with van der Waals surface area (Å²) < 4.78 is 20.5. The Morgan fingerprint density at radius 1 is 0.568 bits per heavy atom. The molecule has 6 rings (SSSR count). The fourth-order valence-electron chi connectivity index (χ4n) is 6.04. The van der Waals surface area contributed by atoms with Crippen molar-refractivity contribution in [2.24, 2.45) is 0 Å². The largest absolute Gasteiger partial charge is 0.477 e. The van der Waals surface area contributed by atoms with E-state index in [9.17, 15) is 0 Å². The van der Waals surface area contributed by atoms with Crippen molar-refractivity contribution in [1.82, 2.24) is 0 Å². The maximum Gasteiger partial charge on any atom is 0.477 e. The molecule has 0 atom stereocenters. The zero-order valence-electron chi connectivity index (χ0n) is 23.8. The molecule has 3 aromatic carbocycles. The first-order valence-corrected chi connectivity index (χ1v) is 15.0. The second-order valence-electron chi connectivity index (χ2n) is 14.1. The van der Waals surface area contributed by atoms with E-state index in [-0.39, 0.29) is 16.2 Å². The summed E-state index contributed by atoms with van der Waals surface area (Å²) in [6.45, 7) is 21.5. The van der Waals surface area contributed by atoms with Gasteiger partial charge in [0.1, 0.15) is 13.2 Å². The maximum absolute atomic E-state index is 6.89. The number of benzene rings is 3. The highest BCUT2D eigenvalue weighted by Crippen LogP contribution is 2.87. The van der Waals surface area contributed by atoms with E-state index in [0.717, 1.165) is 5.75 Å². The van der Waals surface area contributed by atoms with Crippen LogP contribution in [0.3, 0.4) is 0 Å². The minimum absolute atomic E-state index is 0.00654. The lowest BCUT2D eigenvalue weighted by Crippen LogP contribution is -2.41. The molecule has 0 saturated heterocycles. The highest BCUT2D eigenvalue weighted by molar-refractivity contribution is 7.64. The van der Waals surface area contributed by atoms with E-state index in [1.807, 2.05) is 0 Å². The summed E-state index contributed by atoms with van der Waals surface area (Å²) in [5.41, 5.74) is 10.2. The first-order chi connectivity index (χ1) is 17.2. The molecule has 3 aromatic rings. The van der Waals surface area contributed by atoms with Crippen molar-refractivity contribution in [3.05, 3.63) is 99.1 Å². The molecule has 37 heavy (non-hydrogen) atoms. The summed E-state index contributed by atoms with van der Waals surface area (Å²) in [5.74, 6) is 0.893. The smallest absolute Gasteiger partial charge is 0.284 e. The topological polar surface area (TPSA) is 27.7 Å². The Balaban J connectivity index is 1.77. The molecule has 3 nitrogen and oxygen atoms in total. The van der Waals surface area contributed by atoms with Gasteiger partial charge in [0.2, 0.25) is 5.16 Å². The van der Waals surface area contributed by atoms with E-state index < -0.39 is 13.1 Å². The van der Waals surface area contributed by atoms with Crippen LogP contribution in [-0.2, 0) is 43.7 Å². The van der Waals surface area contributed by atoms with E-state index in [0.29, 0.717) is 13.2 Å². The molecule has 0 bridgehead atoms. The van der Waals surface area contributed by atoms with Crippen molar-refractivity contribution in [3.63, 3.8) is 0 Å². The Morgan fingerprint density at radius 3 is 1.41 bits per heavy atom. The Hall–Kier alpha value is -2.19. The van der Waals surface area contributed by atoms with Gasteiger partial charge in [0.05, 0.1) is 5.56 Å². The molecule has 0 amide bonds. The van der Waals surface area contributed by atoms with Gasteiger partial charge in [-0.2, -0.15) is 9.05 Å². The lowest BCUT2D eigenvalue weighted by Gasteiger charge is -2.43. The second kappa shape index (κ2) is 7.69. The van der Waals surface area contributed by atoms with Crippen LogP contribution in [0.15, 0.2) is 54.6 Å². The van der Waals surface area contributed by atoms with Gasteiger partial charge in [-0.3, -0.25) is 4.52 Å². The molecule has 0 fully saturated rings. The zero-order valence-corrected chi connectivity index (χ0v) is 24.7. The average molecular weight is 516 g/mol. The van der Waals surface area contributed by atoms with Gasteiger partial charge >= 0.3 is 7.94 Å². The van der Waals surface area contributed by atoms with E-state index in [1.165, 1.54) is 44.5 Å². The van der Waals surface area contributed by atoms with Gasteiger partial charge in [0, 0.05) is 11.1 Å². The molecular formula is C33H40O3P+. The Bertz CT molecular complexity index is 1350. The van der Waals surface area contributed by atoms with E-state index in [4.69, 9.17) is 13.6 Å². The van der Waals surface area contributed by atoms with Crippen LogP contribution in [0.4, 0.5) is 0 Å². The lowest BCUT2D eigenvalue weighted by molar-refractivity contribution is 0.146. The van der Waals surface area contributed by atoms with Crippen molar-refractivity contribution in [1.29, 1.82) is 0 Å². The number of fused-ring (bicyclic) bond motifs is 3. The quantitative estimate of drug-likeness (QED) is 0.280. The number of rotatable bonds is 0. The van der Waals surface area contributed by atoms with Crippen molar-refractivity contribution >= 4 is 7.94 Å². The maximum atomic E-state index is 6.89. The van der Waals surface area contributed by atoms with Gasteiger partial charge in [-0.1, -0.05) is 92.6 Å². The van der Waals surface area contributed by atoms with Crippen LogP contribution in [0, 0.1) is 0 Å². The summed E-state index contributed by atoms with van der Waals surface area (Å²) >= 11 is 0. The molecule has 3 aliphatic heterocycles. The van der Waals surface area contributed by atoms with Crippen LogP contribution in [0.1, 0.15) is 107 Å². The van der Waals surface area contributed by atoms with Gasteiger partial charge in [-0.25, -0.2) is 0 Å². The molecule has 194 valence electrons. The van der Waals surface area contributed by atoms with Crippen molar-refractivity contribution in [3.8, 4) is 5.75 Å². The first-order valence-electron chi connectivity index (χ1n) is 13.5. The molecule has 0 unspecified atom stereocenters. The molecule has 3 aliphatic rings. The van der Waals surface area contributed by atoms with Crippen LogP contribution in [0.25, 0.3) is 0 Å². The number of hydrogen-bond donors (Lipinski definition) is 0. The summed E-state index contributed by atoms with van der Waals surface area (Å²) in [5, 5.41) is -0.618. The third kappa shape index (κ3) is 3.50. The summed E-state index contributed by atoms with van der Waals surface area (Å²) in [7, 11) is -2.84. The fraction of sp³-hybridized carbons (Fsp3) is 0.455. The van der Waals surface area contributed by atoms with Crippen LogP contribution in [0.5, 0.6) is 5.75 Å². The third-order valence-corrected chi connectivity index (χ3v) is 11.3. The predicted octanol–water partition coefficient (Wildman–Crippen LogP) is 9.09. The van der Waals surface area contributed by atoms with Crippen molar-refractivity contribution < 1.29 is 13.6 Å². The molecule has 0 aromatic heterocycles. The molecule has 0 radical (unpaired) electrons. The monoisotopic (exact) mass is 515 g/mol. The molecule has 4 heteroatoms. The zero-order chi connectivity index (χ0) is 26.6. The first kappa shape index (κ1) is 25.1. The Morgan fingerprint density at radius 2 is 0.973 bits per heavy atom. The average Bonchev–Trinajstić information content (AvgIpc) is 3.13. The van der Waals surface area contributed by atoms with Crippen LogP contribution in [0.2, 0.25) is 0 Å². The van der Waals surface area contributed by atoms with E-state index in [2.05, 4.69) is 117 Å². The predicted molar refractivity (Wildman–Crippen MR) is 152 cm³/mol. The van der Waals surface area contributed by atoms with Crippen LogP contribution < -0.4 is 4.52 Å². The van der Waals surface area contributed by atoms with E-state index in [1.54, 1.807) is 0 Å². The Kier molecular flexibility index (Phi) is 5.22. The third-order valence-electron chi connectivity index (χ3n) is 8.38. The molecule has 0 aliphatic carbocycles. The van der Waals surface area contributed by atoms with Crippen molar-refractivity contribution in [2.45, 2.75) is 96.9 Å². The Labute approximate surface area is 223 Å².